The molecule has 6 nitrogen and oxygen atoms in total. The van der Waals surface area contributed by atoms with Crippen molar-refractivity contribution in [3.63, 3.8) is 0 Å². The van der Waals surface area contributed by atoms with Gasteiger partial charge in [-0.1, -0.05) is 6.08 Å². The topological polar surface area (TPSA) is 76.1 Å². The summed E-state index contributed by atoms with van der Waals surface area (Å²) >= 11 is 0. The predicted molar refractivity (Wildman–Crippen MR) is 68.9 cm³/mol. The minimum atomic E-state index is -1.42. The third-order valence-corrected chi connectivity index (χ3v) is 2.70. The quantitative estimate of drug-likeness (QED) is 0.790. The van der Waals surface area contributed by atoms with Crippen LogP contribution in [-0.2, 0) is 14.3 Å². The van der Waals surface area contributed by atoms with Crippen LogP contribution in [0.25, 0.3) is 0 Å². The average Bonchev–Trinajstić information content (AvgIpc) is 2.27. The number of carboxylic acids is 1. The van der Waals surface area contributed by atoms with Crippen LogP contribution in [0.15, 0.2) is 12.7 Å². The number of hydrogen-bond donors (Lipinski definition) is 1. The summed E-state index contributed by atoms with van der Waals surface area (Å²) in [5, 5.41) is 9.30. The molecule has 1 fully saturated rings. The van der Waals surface area contributed by atoms with E-state index in [1.165, 1.54) is 11.0 Å². The van der Waals surface area contributed by atoms with Gasteiger partial charge in [-0.3, -0.25) is 0 Å². The Bertz CT molecular complexity index is 374. The Hall–Kier alpha value is -1.56. The molecule has 0 bridgehead atoms. The first-order chi connectivity index (χ1) is 8.70. The van der Waals surface area contributed by atoms with Crippen LogP contribution in [0.4, 0.5) is 4.79 Å². The smallest absolute Gasteiger partial charge is 0.410 e. The first-order valence-electron chi connectivity index (χ1n) is 6.16. The summed E-state index contributed by atoms with van der Waals surface area (Å²) in [6.07, 6.45) is 1.10. The van der Waals surface area contributed by atoms with Crippen molar-refractivity contribution >= 4 is 12.1 Å². The van der Waals surface area contributed by atoms with Gasteiger partial charge in [0.05, 0.1) is 13.2 Å². The van der Waals surface area contributed by atoms with E-state index in [1.807, 2.05) is 0 Å². The minimum Gasteiger partial charge on any atom is -0.479 e. The summed E-state index contributed by atoms with van der Waals surface area (Å²) in [5.74, 6) is -1.10. The van der Waals surface area contributed by atoms with Crippen molar-refractivity contribution < 1.29 is 24.2 Å². The average molecular weight is 271 g/mol. The predicted octanol–water partition coefficient (Wildman–Crippen LogP) is 1.65. The van der Waals surface area contributed by atoms with Gasteiger partial charge < -0.3 is 19.5 Å². The molecule has 1 aliphatic heterocycles. The second kappa shape index (κ2) is 5.61. The highest BCUT2D eigenvalue weighted by atomic mass is 16.6. The summed E-state index contributed by atoms with van der Waals surface area (Å²) in [6.45, 7) is 9.27. The van der Waals surface area contributed by atoms with E-state index < -0.39 is 23.3 Å². The number of nitrogens with zero attached hydrogens (tertiary/aromatic N) is 1. The highest BCUT2D eigenvalue weighted by Gasteiger charge is 2.45. The first kappa shape index (κ1) is 15.5. The Morgan fingerprint density at radius 1 is 1.53 bits per heavy atom. The zero-order chi connectivity index (χ0) is 14.7. The van der Waals surface area contributed by atoms with Crippen LogP contribution < -0.4 is 0 Å². The fourth-order valence-electron chi connectivity index (χ4n) is 1.84. The lowest BCUT2D eigenvalue weighted by Gasteiger charge is -2.39. The Kier molecular flexibility index (Phi) is 4.57. The maximum absolute atomic E-state index is 12.0. The molecule has 1 rings (SSSR count). The monoisotopic (exact) mass is 271 g/mol. The largest absolute Gasteiger partial charge is 0.479 e. The molecule has 0 aliphatic carbocycles. The van der Waals surface area contributed by atoms with Crippen molar-refractivity contribution in [1.82, 2.24) is 4.90 Å². The molecular weight excluding hydrogens is 250 g/mol. The number of morpholine rings is 1. The van der Waals surface area contributed by atoms with Gasteiger partial charge in [0, 0.05) is 13.0 Å². The van der Waals surface area contributed by atoms with Crippen molar-refractivity contribution in [1.29, 1.82) is 0 Å². The van der Waals surface area contributed by atoms with Gasteiger partial charge in [-0.25, -0.2) is 9.59 Å². The van der Waals surface area contributed by atoms with Gasteiger partial charge in [0.2, 0.25) is 0 Å². The molecule has 0 aromatic carbocycles. The van der Waals surface area contributed by atoms with Gasteiger partial charge in [-0.2, -0.15) is 0 Å². The summed E-state index contributed by atoms with van der Waals surface area (Å²) < 4.78 is 10.6. The van der Waals surface area contributed by atoms with Crippen molar-refractivity contribution in [2.45, 2.75) is 38.4 Å². The van der Waals surface area contributed by atoms with Crippen LogP contribution >= 0.6 is 0 Å². The normalized spacial score (nSPS) is 23.8. The summed E-state index contributed by atoms with van der Waals surface area (Å²) in [7, 11) is 0. The van der Waals surface area contributed by atoms with Gasteiger partial charge in [0.15, 0.2) is 5.60 Å². The highest BCUT2D eigenvalue weighted by Crippen LogP contribution is 2.24. The maximum atomic E-state index is 12.0. The van der Waals surface area contributed by atoms with E-state index in [-0.39, 0.29) is 19.6 Å². The molecule has 1 N–H and O–H groups in total. The number of carbonyl (C=O) groups is 2. The van der Waals surface area contributed by atoms with E-state index in [9.17, 15) is 14.7 Å². The molecule has 1 atom stereocenters. The maximum Gasteiger partial charge on any atom is 0.410 e. The van der Waals surface area contributed by atoms with Crippen molar-refractivity contribution in [3.8, 4) is 0 Å². The number of aliphatic carboxylic acids is 1. The van der Waals surface area contributed by atoms with E-state index in [0.29, 0.717) is 6.54 Å². The molecule has 0 saturated carbocycles. The molecule has 0 spiro atoms. The second-order valence-corrected chi connectivity index (χ2v) is 5.54. The van der Waals surface area contributed by atoms with E-state index >= 15 is 0 Å². The molecule has 19 heavy (non-hydrogen) atoms. The molecule has 1 aliphatic rings. The van der Waals surface area contributed by atoms with Crippen molar-refractivity contribution in [2.75, 3.05) is 19.7 Å². The van der Waals surface area contributed by atoms with E-state index in [4.69, 9.17) is 9.47 Å². The number of carbonyl (C=O) groups excluding carboxylic acids is 1. The van der Waals surface area contributed by atoms with Crippen LogP contribution in [0.3, 0.4) is 0 Å². The van der Waals surface area contributed by atoms with E-state index in [1.54, 1.807) is 20.8 Å². The van der Waals surface area contributed by atoms with Crippen LogP contribution in [0.2, 0.25) is 0 Å². The van der Waals surface area contributed by atoms with Gasteiger partial charge >= 0.3 is 12.1 Å². The second-order valence-electron chi connectivity index (χ2n) is 5.54. The third-order valence-electron chi connectivity index (χ3n) is 2.70. The van der Waals surface area contributed by atoms with Gasteiger partial charge in [-0.15, -0.1) is 6.58 Å². The van der Waals surface area contributed by atoms with Crippen molar-refractivity contribution in [3.05, 3.63) is 12.7 Å². The summed E-state index contributed by atoms with van der Waals surface area (Å²) in [5.41, 5.74) is -2.03. The molecule has 0 unspecified atom stereocenters. The van der Waals surface area contributed by atoms with Crippen LogP contribution in [0.1, 0.15) is 27.2 Å². The van der Waals surface area contributed by atoms with Gasteiger partial charge in [0.1, 0.15) is 5.60 Å². The lowest BCUT2D eigenvalue weighted by atomic mass is 9.97. The number of amides is 1. The molecule has 1 heterocycles. The lowest BCUT2D eigenvalue weighted by Crippen LogP contribution is -2.58. The summed E-state index contributed by atoms with van der Waals surface area (Å²) in [6, 6.07) is 0. The Morgan fingerprint density at radius 3 is 2.63 bits per heavy atom. The van der Waals surface area contributed by atoms with Gasteiger partial charge in [0.25, 0.3) is 0 Å². The minimum absolute atomic E-state index is 0.0384. The Balaban J connectivity index is 2.80. The molecular formula is C13H21NO5. The molecule has 0 aromatic heterocycles. The molecule has 0 radical (unpaired) electrons. The number of hydrogen-bond acceptors (Lipinski definition) is 4. The SMILES string of the molecule is C=CC[C@@]1(C(=O)O)CN(C(=O)OC(C)(C)C)CCO1. The Labute approximate surface area is 113 Å². The van der Waals surface area contributed by atoms with Crippen LogP contribution in [0, 0.1) is 0 Å². The third kappa shape index (κ3) is 3.96. The molecule has 0 aromatic rings. The lowest BCUT2D eigenvalue weighted by molar-refractivity contribution is -0.176. The van der Waals surface area contributed by atoms with E-state index in [0.717, 1.165) is 0 Å². The molecule has 6 heteroatoms. The summed E-state index contributed by atoms with van der Waals surface area (Å²) in [4.78, 5) is 24.7. The molecule has 1 saturated heterocycles. The Morgan fingerprint density at radius 2 is 2.16 bits per heavy atom. The molecule has 108 valence electrons. The van der Waals surface area contributed by atoms with Gasteiger partial charge in [-0.05, 0) is 20.8 Å². The zero-order valence-corrected chi connectivity index (χ0v) is 11.6. The fourth-order valence-corrected chi connectivity index (χ4v) is 1.84. The number of carboxylic acid groups (broad SMARTS) is 1. The van der Waals surface area contributed by atoms with Crippen molar-refractivity contribution in [2.24, 2.45) is 0 Å². The van der Waals surface area contributed by atoms with Crippen LogP contribution in [0.5, 0.6) is 0 Å². The number of rotatable bonds is 3. The number of ether oxygens (including phenoxy) is 2. The van der Waals surface area contributed by atoms with E-state index in [2.05, 4.69) is 6.58 Å². The first-order valence-corrected chi connectivity index (χ1v) is 6.16. The standard InChI is InChI=1S/C13H21NO5/c1-5-6-13(10(15)16)9-14(7-8-18-13)11(17)19-12(2,3)4/h5H,1,6-9H2,2-4H3,(H,15,16)/t13-/m0/s1. The van der Waals surface area contributed by atoms with Crippen LogP contribution in [-0.4, -0.2) is 53.0 Å². The molecule has 1 amide bonds. The zero-order valence-electron chi connectivity index (χ0n) is 11.6. The fraction of sp³-hybridized carbons (Fsp3) is 0.692. The highest BCUT2D eigenvalue weighted by molar-refractivity contribution is 5.79.